The molecule has 110 valence electrons. The third-order valence-corrected chi connectivity index (χ3v) is 5.14. The number of thiazole rings is 1. The number of piperidine rings is 1. The van der Waals surface area contributed by atoms with Crippen LogP contribution in [0.3, 0.4) is 0 Å². The van der Waals surface area contributed by atoms with Crippen molar-refractivity contribution in [3.8, 4) is 0 Å². The summed E-state index contributed by atoms with van der Waals surface area (Å²) in [6.07, 6.45) is 4.18. The molecule has 21 heavy (non-hydrogen) atoms. The van der Waals surface area contributed by atoms with E-state index >= 15 is 0 Å². The molecule has 0 spiro atoms. The highest BCUT2D eigenvalue weighted by molar-refractivity contribution is 9.10. The first-order valence-electron chi connectivity index (χ1n) is 6.96. The third-order valence-electron chi connectivity index (χ3n) is 3.57. The van der Waals surface area contributed by atoms with Crippen LogP contribution in [0.4, 0.5) is 5.13 Å². The molecule has 1 saturated heterocycles. The van der Waals surface area contributed by atoms with Gasteiger partial charge in [-0.05, 0) is 50.0 Å². The van der Waals surface area contributed by atoms with Gasteiger partial charge in [0.15, 0.2) is 5.13 Å². The Labute approximate surface area is 136 Å². The van der Waals surface area contributed by atoms with Gasteiger partial charge in [0, 0.05) is 21.1 Å². The van der Waals surface area contributed by atoms with E-state index in [0.717, 1.165) is 30.4 Å². The second-order valence-electron chi connectivity index (χ2n) is 5.06. The van der Waals surface area contributed by atoms with E-state index in [1.807, 2.05) is 18.3 Å². The lowest BCUT2D eigenvalue weighted by atomic mass is 9.97. The fourth-order valence-corrected chi connectivity index (χ4v) is 3.82. The Morgan fingerprint density at radius 1 is 1.38 bits per heavy atom. The molecular formula is C15H16BrN3OS. The Balaban J connectivity index is 1.68. The summed E-state index contributed by atoms with van der Waals surface area (Å²) in [5.41, 5.74) is 0.628. The molecular weight excluding hydrogens is 350 g/mol. The van der Waals surface area contributed by atoms with Crippen LogP contribution >= 0.6 is 27.3 Å². The smallest absolute Gasteiger partial charge is 0.257 e. The van der Waals surface area contributed by atoms with Crippen LogP contribution in [-0.4, -0.2) is 24.0 Å². The zero-order chi connectivity index (χ0) is 14.7. The summed E-state index contributed by atoms with van der Waals surface area (Å²) in [5, 5.41) is 6.91. The molecule has 0 bridgehead atoms. The zero-order valence-electron chi connectivity index (χ0n) is 11.4. The van der Waals surface area contributed by atoms with Crippen LogP contribution in [0.1, 0.15) is 34.0 Å². The number of carbonyl (C=O) groups is 1. The van der Waals surface area contributed by atoms with Gasteiger partial charge >= 0.3 is 0 Å². The summed E-state index contributed by atoms with van der Waals surface area (Å²) in [7, 11) is 0. The molecule has 1 fully saturated rings. The molecule has 0 radical (unpaired) electrons. The van der Waals surface area contributed by atoms with Crippen molar-refractivity contribution >= 4 is 38.3 Å². The number of benzene rings is 1. The summed E-state index contributed by atoms with van der Waals surface area (Å²) >= 11 is 4.96. The molecule has 1 aliphatic heterocycles. The van der Waals surface area contributed by atoms with E-state index in [2.05, 4.69) is 31.5 Å². The first-order chi connectivity index (χ1) is 10.2. The molecule has 0 unspecified atom stereocenters. The molecule has 1 aromatic carbocycles. The molecule has 0 saturated carbocycles. The monoisotopic (exact) mass is 365 g/mol. The molecule has 2 heterocycles. The minimum Gasteiger partial charge on any atom is -0.317 e. The van der Waals surface area contributed by atoms with Crippen molar-refractivity contribution in [2.45, 2.75) is 18.8 Å². The minimum atomic E-state index is -0.123. The standard InChI is InChI=1S/C15H16BrN3OS/c16-12-3-1-2-11(8-12)14(20)19-15-18-9-13(21-15)10-4-6-17-7-5-10/h1-3,8-10,17H,4-7H2,(H,18,19,20). The number of nitrogens with one attached hydrogen (secondary N) is 2. The fourth-order valence-electron chi connectivity index (χ4n) is 2.44. The van der Waals surface area contributed by atoms with Gasteiger partial charge in [-0.25, -0.2) is 4.98 Å². The number of carbonyl (C=O) groups excluding carboxylic acids is 1. The Hall–Kier alpha value is -1.24. The number of aromatic nitrogens is 1. The summed E-state index contributed by atoms with van der Waals surface area (Å²) in [6.45, 7) is 2.12. The van der Waals surface area contributed by atoms with Gasteiger partial charge in [0.05, 0.1) is 0 Å². The maximum absolute atomic E-state index is 12.2. The number of amides is 1. The van der Waals surface area contributed by atoms with E-state index in [1.165, 1.54) is 4.88 Å². The maximum Gasteiger partial charge on any atom is 0.257 e. The van der Waals surface area contributed by atoms with Gasteiger partial charge in [-0.2, -0.15) is 0 Å². The van der Waals surface area contributed by atoms with Crippen molar-refractivity contribution in [2.75, 3.05) is 18.4 Å². The average Bonchev–Trinajstić information content (AvgIpc) is 2.97. The van der Waals surface area contributed by atoms with Crippen molar-refractivity contribution < 1.29 is 4.79 Å². The predicted molar refractivity (Wildman–Crippen MR) is 89.1 cm³/mol. The summed E-state index contributed by atoms with van der Waals surface area (Å²) in [4.78, 5) is 17.8. The van der Waals surface area contributed by atoms with Crippen LogP contribution in [0.5, 0.6) is 0 Å². The topological polar surface area (TPSA) is 54.0 Å². The van der Waals surface area contributed by atoms with E-state index in [0.29, 0.717) is 16.6 Å². The van der Waals surface area contributed by atoms with E-state index in [-0.39, 0.29) is 5.91 Å². The summed E-state index contributed by atoms with van der Waals surface area (Å²) < 4.78 is 0.893. The largest absolute Gasteiger partial charge is 0.317 e. The van der Waals surface area contributed by atoms with Gasteiger partial charge in [-0.1, -0.05) is 22.0 Å². The molecule has 2 N–H and O–H groups in total. The quantitative estimate of drug-likeness (QED) is 0.872. The second-order valence-corrected chi connectivity index (χ2v) is 7.03. The second kappa shape index (κ2) is 6.68. The molecule has 1 amide bonds. The molecule has 0 atom stereocenters. The average molecular weight is 366 g/mol. The number of halogens is 1. The Bertz CT molecular complexity index is 637. The van der Waals surface area contributed by atoms with Crippen LogP contribution in [0.25, 0.3) is 0 Å². The van der Waals surface area contributed by atoms with E-state index in [1.54, 1.807) is 23.5 Å². The number of nitrogens with zero attached hydrogens (tertiary/aromatic N) is 1. The SMILES string of the molecule is O=C(Nc1ncc(C2CCNCC2)s1)c1cccc(Br)c1. The van der Waals surface area contributed by atoms with Gasteiger partial charge < -0.3 is 5.32 Å². The number of hydrogen-bond acceptors (Lipinski definition) is 4. The number of hydrogen-bond donors (Lipinski definition) is 2. The lowest BCUT2D eigenvalue weighted by Gasteiger charge is -2.20. The highest BCUT2D eigenvalue weighted by atomic mass is 79.9. The van der Waals surface area contributed by atoms with Crippen molar-refractivity contribution in [1.29, 1.82) is 0 Å². The minimum absolute atomic E-state index is 0.123. The lowest BCUT2D eigenvalue weighted by molar-refractivity contribution is 0.102. The van der Waals surface area contributed by atoms with Gasteiger partial charge in [-0.3, -0.25) is 10.1 Å². The predicted octanol–water partition coefficient (Wildman–Crippen LogP) is 3.62. The Morgan fingerprint density at radius 3 is 2.95 bits per heavy atom. The van der Waals surface area contributed by atoms with E-state index < -0.39 is 0 Å². The van der Waals surface area contributed by atoms with Gasteiger partial charge in [0.25, 0.3) is 5.91 Å². The first-order valence-corrected chi connectivity index (χ1v) is 8.56. The summed E-state index contributed by atoms with van der Waals surface area (Å²) in [5.74, 6) is 0.447. The molecule has 1 aliphatic rings. The third kappa shape index (κ3) is 3.70. The van der Waals surface area contributed by atoms with Gasteiger partial charge in [-0.15, -0.1) is 11.3 Å². The van der Waals surface area contributed by atoms with Crippen LogP contribution in [0.2, 0.25) is 0 Å². The Kier molecular flexibility index (Phi) is 4.67. The maximum atomic E-state index is 12.2. The Morgan fingerprint density at radius 2 is 2.19 bits per heavy atom. The van der Waals surface area contributed by atoms with Crippen molar-refractivity contribution in [1.82, 2.24) is 10.3 Å². The molecule has 1 aromatic heterocycles. The highest BCUT2D eigenvalue weighted by Gasteiger charge is 2.18. The molecule has 2 aromatic rings. The zero-order valence-corrected chi connectivity index (χ0v) is 13.8. The van der Waals surface area contributed by atoms with Crippen molar-refractivity contribution in [3.05, 3.63) is 45.4 Å². The first kappa shape index (κ1) is 14.7. The summed E-state index contributed by atoms with van der Waals surface area (Å²) in [6, 6.07) is 7.34. The van der Waals surface area contributed by atoms with Crippen LogP contribution in [-0.2, 0) is 0 Å². The van der Waals surface area contributed by atoms with Gasteiger partial charge in [0.2, 0.25) is 0 Å². The van der Waals surface area contributed by atoms with Crippen LogP contribution in [0, 0.1) is 0 Å². The number of rotatable bonds is 3. The highest BCUT2D eigenvalue weighted by Crippen LogP contribution is 2.31. The van der Waals surface area contributed by atoms with Crippen molar-refractivity contribution in [2.24, 2.45) is 0 Å². The fraction of sp³-hybridized carbons (Fsp3) is 0.333. The number of anilines is 1. The van der Waals surface area contributed by atoms with Gasteiger partial charge in [0.1, 0.15) is 0 Å². The normalized spacial score (nSPS) is 15.9. The molecule has 6 heteroatoms. The molecule has 0 aliphatic carbocycles. The van der Waals surface area contributed by atoms with Crippen LogP contribution < -0.4 is 10.6 Å². The molecule has 3 rings (SSSR count). The van der Waals surface area contributed by atoms with Crippen molar-refractivity contribution in [3.63, 3.8) is 0 Å². The lowest BCUT2D eigenvalue weighted by Crippen LogP contribution is -2.26. The molecule has 4 nitrogen and oxygen atoms in total. The van der Waals surface area contributed by atoms with E-state index in [4.69, 9.17) is 0 Å². The van der Waals surface area contributed by atoms with E-state index in [9.17, 15) is 4.79 Å². The van der Waals surface area contributed by atoms with Crippen LogP contribution in [0.15, 0.2) is 34.9 Å².